The third kappa shape index (κ3) is 14.6. The van der Waals surface area contributed by atoms with Gasteiger partial charge in [-0.05, 0) is 129 Å². The Hall–Kier alpha value is -5.17. The van der Waals surface area contributed by atoms with Crippen molar-refractivity contribution >= 4 is 29.5 Å². The van der Waals surface area contributed by atoms with E-state index in [0.717, 1.165) is 74.2 Å². The van der Waals surface area contributed by atoms with Crippen molar-refractivity contribution in [2.75, 3.05) is 96.5 Å². The fraction of sp³-hybridized carbons (Fsp3) is 0.730. The molecule has 0 spiro atoms. The van der Waals surface area contributed by atoms with E-state index in [1.54, 1.807) is 54.6 Å². The van der Waals surface area contributed by atoms with E-state index in [-0.39, 0.29) is 84.8 Å². The van der Waals surface area contributed by atoms with Crippen molar-refractivity contribution in [3.05, 3.63) is 46.5 Å². The first kappa shape index (κ1) is 65.0. The van der Waals surface area contributed by atoms with Crippen molar-refractivity contribution in [3.8, 4) is 23.0 Å². The molecule has 4 heterocycles. The van der Waals surface area contributed by atoms with Gasteiger partial charge in [0.25, 0.3) is 0 Å². The monoisotopic (exact) mass is 1130 g/mol. The highest BCUT2D eigenvalue weighted by Crippen LogP contribution is 2.49. The van der Waals surface area contributed by atoms with E-state index in [0.29, 0.717) is 49.3 Å². The second-order valence-electron chi connectivity index (χ2n) is 24.3. The number of carbonyl (C=O) groups is 5. The molecule has 0 radical (unpaired) electrons. The van der Waals surface area contributed by atoms with Gasteiger partial charge in [0.1, 0.15) is 6.04 Å². The average molecular weight is 1130 g/mol. The first-order valence-corrected chi connectivity index (χ1v) is 30.0. The van der Waals surface area contributed by atoms with Gasteiger partial charge in [-0.15, -0.1) is 0 Å². The highest BCUT2D eigenvalue weighted by Gasteiger charge is 2.45. The molecule has 12 atom stereocenters. The number of benzene rings is 2. The van der Waals surface area contributed by atoms with Crippen molar-refractivity contribution < 1.29 is 52.4 Å². The van der Waals surface area contributed by atoms with Crippen LogP contribution in [0.1, 0.15) is 141 Å². The van der Waals surface area contributed by atoms with Gasteiger partial charge in [0.2, 0.25) is 29.5 Å². The van der Waals surface area contributed by atoms with Crippen LogP contribution in [0.4, 0.5) is 0 Å². The second kappa shape index (κ2) is 29.4. The number of nitrogens with one attached hydrogen (secondary N) is 2. The Balaban J connectivity index is 1.14. The number of piperidine rings is 1. The summed E-state index contributed by atoms with van der Waals surface area (Å²) < 4.78 is 35.4. The zero-order valence-corrected chi connectivity index (χ0v) is 52.2. The molecule has 0 aliphatic carbocycles. The van der Waals surface area contributed by atoms with Crippen LogP contribution in [0.5, 0.6) is 23.0 Å². The molecule has 6 rings (SSSR count). The largest absolute Gasteiger partial charge is 0.493 e. The van der Waals surface area contributed by atoms with Crippen LogP contribution in [0, 0.1) is 35.5 Å². The van der Waals surface area contributed by atoms with E-state index < -0.39 is 36.3 Å². The van der Waals surface area contributed by atoms with Gasteiger partial charge in [0.05, 0.1) is 77.2 Å². The summed E-state index contributed by atoms with van der Waals surface area (Å²) in [6.45, 7) is 19.1. The molecule has 2 aromatic rings. The van der Waals surface area contributed by atoms with E-state index in [1.807, 2.05) is 63.4 Å². The number of amides is 5. The van der Waals surface area contributed by atoms with Gasteiger partial charge in [0.15, 0.2) is 23.0 Å². The summed E-state index contributed by atoms with van der Waals surface area (Å²) in [6, 6.07) is 6.37. The van der Waals surface area contributed by atoms with Gasteiger partial charge < -0.3 is 53.8 Å². The molecule has 454 valence electrons. The molecule has 2 saturated heterocycles. The maximum absolute atomic E-state index is 14.7. The predicted octanol–water partition coefficient (Wildman–Crippen LogP) is 7.34. The molecule has 18 heteroatoms. The number of likely N-dealkylation sites (N-methyl/N-ethyl adjacent to an activating group) is 2. The molecule has 0 unspecified atom stereocenters. The molecule has 18 nitrogen and oxygen atoms in total. The average Bonchev–Trinajstić information content (AvgIpc) is 3.94. The third-order valence-corrected chi connectivity index (χ3v) is 18.7. The van der Waals surface area contributed by atoms with Gasteiger partial charge >= 0.3 is 0 Å². The maximum Gasteiger partial charge on any atom is 0.245 e. The molecule has 5 amide bonds. The van der Waals surface area contributed by atoms with Crippen molar-refractivity contribution in [2.45, 2.75) is 168 Å². The first-order valence-electron chi connectivity index (χ1n) is 30.0. The maximum atomic E-state index is 14.7. The van der Waals surface area contributed by atoms with Crippen molar-refractivity contribution in [1.29, 1.82) is 0 Å². The summed E-state index contributed by atoms with van der Waals surface area (Å²) in [7, 11) is 15.3. The van der Waals surface area contributed by atoms with Gasteiger partial charge in [-0.25, -0.2) is 0 Å². The standard InChI is InChI=1S/C63H101N7O11/c1-18-39(7)59(67(11)63(75)57(37(3)4)65-62(74)58(38(5)6)66(9)10)54(80-16)35-56(72)69-26-20-21-47(69)60(81-17)40(8)61(73)64-25-22-55(71)70-28-24-43-32-51(77-13)53(79-15)34-46(43)49(70)30-44-29-48-45-33-52(78-14)50(76-12)31-42(45)23-27-68(48)36-41(44)19-2/h31-34,37-41,44,47-49,54,57-60H,18-30,35-36H2,1-17H3,(H,64,73)(H,65,74)/t39-,40+,41-,44+,47-,48-,49+,54+,57-,58-,59-,60+/m0/s1. The van der Waals surface area contributed by atoms with Crippen molar-refractivity contribution in [1.82, 2.24) is 35.1 Å². The third-order valence-electron chi connectivity index (χ3n) is 18.7. The Morgan fingerprint density at radius 2 is 1.31 bits per heavy atom. The Labute approximate surface area is 484 Å². The number of fused-ring (bicyclic) bond motifs is 4. The minimum atomic E-state index is -0.784. The summed E-state index contributed by atoms with van der Waals surface area (Å²) in [6.07, 6.45) is 5.31. The van der Waals surface area contributed by atoms with E-state index in [1.165, 1.54) is 11.1 Å². The molecule has 2 aromatic carbocycles. The first-order chi connectivity index (χ1) is 38.6. The van der Waals surface area contributed by atoms with E-state index in [9.17, 15) is 24.0 Å². The number of hydrogen-bond donors (Lipinski definition) is 2. The number of likely N-dealkylation sites (tertiary alicyclic amines) is 1. The van der Waals surface area contributed by atoms with Gasteiger partial charge in [-0.2, -0.15) is 0 Å². The zero-order valence-electron chi connectivity index (χ0n) is 52.2. The van der Waals surface area contributed by atoms with Crippen LogP contribution in [0.15, 0.2) is 24.3 Å². The molecule has 4 aliphatic heterocycles. The Morgan fingerprint density at radius 3 is 1.86 bits per heavy atom. The second-order valence-corrected chi connectivity index (χ2v) is 24.3. The van der Waals surface area contributed by atoms with E-state index >= 15 is 0 Å². The lowest BCUT2D eigenvalue weighted by molar-refractivity contribution is -0.148. The lowest BCUT2D eigenvalue weighted by Gasteiger charge is -2.49. The zero-order chi connectivity index (χ0) is 59.6. The number of ether oxygens (including phenoxy) is 6. The van der Waals surface area contributed by atoms with Gasteiger partial charge in [0, 0.05) is 66.5 Å². The molecule has 0 bridgehead atoms. The SMILES string of the molecule is CC[C@H]1CN2CCc3cc(OC)c(OC)cc3[C@@H]2C[C@@H]1C[C@@H]1c2cc(OC)c(OC)cc2CCN1C(=O)CCNC(=O)[C@H](C)[C@@H](OC)[C@@H]1CCCN1C(=O)C[C@@H](OC)[C@H]([C@@H](C)CC)N(C)C(=O)[C@@H](NC(=O)[C@H](C(C)C)N(C)C)C(C)C. The predicted molar refractivity (Wildman–Crippen MR) is 315 cm³/mol. The van der Waals surface area contributed by atoms with Crippen LogP contribution in [0.3, 0.4) is 0 Å². The molecule has 0 aromatic heterocycles. The summed E-state index contributed by atoms with van der Waals surface area (Å²) in [5.74, 6) is 1.78. The number of rotatable bonds is 27. The van der Waals surface area contributed by atoms with E-state index in [2.05, 4.69) is 60.6 Å². The Morgan fingerprint density at radius 1 is 0.704 bits per heavy atom. The quantitative estimate of drug-likeness (QED) is 0.0909. The van der Waals surface area contributed by atoms with Crippen molar-refractivity contribution in [3.63, 3.8) is 0 Å². The molecule has 4 aliphatic rings. The van der Waals surface area contributed by atoms with Crippen LogP contribution in [-0.2, 0) is 46.3 Å². The van der Waals surface area contributed by atoms with Crippen LogP contribution < -0.4 is 29.6 Å². The van der Waals surface area contributed by atoms with Crippen LogP contribution in [-0.4, -0.2) is 187 Å². The number of methoxy groups -OCH3 is 6. The van der Waals surface area contributed by atoms with Gasteiger partial charge in [-0.3, -0.25) is 33.8 Å². The lowest BCUT2D eigenvalue weighted by Crippen LogP contribution is -2.59. The highest BCUT2D eigenvalue weighted by atomic mass is 16.5. The summed E-state index contributed by atoms with van der Waals surface area (Å²) in [5, 5.41) is 6.15. The van der Waals surface area contributed by atoms with E-state index in [4.69, 9.17) is 28.4 Å². The van der Waals surface area contributed by atoms with Crippen LogP contribution >= 0.6 is 0 Å². The minimum Gasteiger partial charge on any atom is -0.493 e. The molecular weight excluding hydrogens is 1030 g/mol. The van der Waals surface area contributed by atoms with Crippen molar-refractivity contribution in [2.24, 2.45) is 35.5 Å². The molecule has 0 saturated carbocycles. The summed E-state index contributed by atoms with van der Waals surface area (Å²) in [5.41, 5.74) is 4.80. The lowest BCUT2D eigenvalue weighted by atomic mass is 9.72. The molecular formula is C63H101N7O11. The molecule has 2 N–H and O–H groups in total. The summed E-state index contributed by atoms with van der Waals surface area (Å²) >= 11 is 0. The summed E-state index contributed by atoms with van der Waals surface area (Å²) in [4.78, 5) is 81.6. The topological polar surface area (TPSA) is 181 Å². The smallest absolute Gasteiger partial charge is 0.245 e. The van der Waals surface area contributed by atoms with Gasteiger partial charge in [-0.1, -0.05) is 68.2 Å². The van der Waals surface area contributed by atoms with Crippen LogP contribution in [0.2, 0.25) is 0 Å². The fourth-order valence-electron chi connectivity index (χ4n) is 14.1. The molecule has 2 fully saturated rings. The minimum absolute atomic E-state index is 0.00744. The molecule has 81 heavy (non-hydrogen) atoms. The Bertz CT molecular complexity index is 2450. The normalized spacial score (nSPS) is 22.6. The number of hydrogen-bond acceptors (Lipinski definition) is 13. The highest BCUT2D eigenvalue weighted by molar-refractivity contribution is 5.90. The van der Waals surface area contributed by atoms with Crippen LogP contribution in [0.25, 0.3) is 0 Å². The Kier molecular flexibility index (Phi) is 23.6. The number of carbonyl (C=O) groups excluding carboxylic acids is 5. The fourth-order valence-corrected chi connectivity index (χ4v) is 14.1. The number of nitrogens with zero attached hydrogens (tertiary/aromatic N) is 5.